The average molecular weight is 251 g/mol. The SMILES string of the molecule is CC1CC(CN)(N(CC2CC2)CC2CC2)CN1C. The second-order valence-corrected chi connectivity index (χ2v) is 7.19. The summed E-state index contributed by atoms with van der Waals surface area (Å²) in [4.78, 5) is 5.29. The number of likely N-dealkylation sites (tertiary alicyclic amines) is 1. The minimum absolute atomic E-state index is 0.277. The molecule has 0 bridgehead atoms. The second kappa shape index (κ2) is 4.77. The van der Waals surface area contributed by atoms with E-state index in [1.165, 1.54) is 51.7 Å². The Hall–Kier alpha value is -0.120. The Labute approximate surface area is 112 Å². The average Bonchev–Trinajstić information content (AvgIpc) is 3.23. The molecular weight excluding hydrogens is 222 g/mol. The van der Waals surface area contributed by atoms with Gasteiger partial charge < -0.3 is 10.6 Å². The standard InChI is InChI=1S/C15H29N3/c1-12-7-15(10-16,11-17(12)2)18(8-13-3-4-13)9-14-5-6-14/h12-14H,3-11,16H2,1-2H3. The molecule has 3 nitrogen and oxygen atoms in total. The first-order chi connectivity index (χ1) is 8.63. The van der Waals surface area contributed by atoms with Gasteiger partial charge in [-0.05, 0) is 57.9 Å². The van der Waals surface area contributed by atoms with Crippen molar-refractivity contribution in [2.75, 3.05) is 33.2 Å². The van der Waals surface area contributed by atoms with Crippen molar-refractivity contribution in [3.63, 3.8) is 0 Å². The number of nitrogens with two attached hydrogens (primary N) is 1. The third kappa shape index (κ3) is 2.59. The van der Waals surface area contributed by atoms with E-state index < -0.39 is 0 Å². The highest BCUT2D eigenvalue weighted by molar-refractivity contribution is 5.04. The van der Waals surface area contributed by atoms with Crippen molar-refractivity contribution in [1.82, 2.24) is 9.80 Å². The maximum absolute atomic E-state index is 6.22. The van der Waals surface area contributed by atoms with Crippen LogP contribution in [0, 0.1) is 11.8 Å². The molecule has 2 unspecified atom stereocenters. The van der Waals surface area contributed by atoms with E-state index in [1.807, 2.05) is 0 Å². The third-order valence-corrected chi connectivity index (χ3v) is 5.37. The molecule has 3 aliphatic rings. The Bertz CT molecular complexity index is 272. The summed E-state index contributed by atoms with van der Waals surface area (Å²) in [7, 11) is 2.26. The topological polar surface area (TPSA) is 32.5 Å². The van der Waals surface area contributed by atoms with Crippen LogP contribution in [0.2, 0.25) is 0 Å². The fraction of sp³-hybridized carbons (Fsp3) is 1.00. The summed E-state index contributed by atoms with van der Waals surface area (Å²) in [6.07, 6.45) is 7.07. The molecule has 0 aromatic carbocycles. The second-order valence-electron chi connectivity index (χ2n) is 7.19. The Morgan fingerprint density at radius 1 is 1.17 bits per heavy atom. The smallest absolute Gasteiger partial charge is 0.0473 e. The van der Waals surface area contributed by atoms with E-state index in [1.54, 1.807) is 0 Å². The Kier molecular flexibility index (Phi) is 3.41. The van der Waals surface area contributed by atoms with Crippen molar-refractivity contribution in [3.8, 4) is 0 Å². The van der Waals surface area contributed by atoms with Gasteiger partial charge in [0.05, 0.1) is 0 Å². The molecule has 1 saturated heterocycles. The van der Waals surface area contributed by atoms with E-state index in [-0.39, 0.29) is 5.54 Å². The quantitative estimate of drug-likeness (QED) is 0.777. The largest absolute Gasteiger partial charge is 0.329 e. The highest BCUT2D eigenvalue weighted by Crippen LogP contribution is 2.39. The van der Waals surface area contributed by atoms with Gasteiger partial charge in [-0.15, -0.1) is 0 Å². The highest BCUT2D eigenvalue weighted by Gasteiger charge is 2.46. The molecule has 2 aliphatic carbocycles. The van der Waals surface area contributed by atoms with Crippen LogP contribution in [-0.2, 0) is 0 Å². The lowest BCUT2D eigenvalue weighted by atomic mass is 9.93. The zero-order valence-corrected chi connectivity index (χ0v) is 12.1. The first-order valence-electron chi connectivity index (χ1n) is 7.78. The minimum atomic E-state index is 0.277. The predicted molar refractivity (Wildman–Crippen MR) is 75.5 cm³/mol. The summed E-state index contributed by atoms with van der Waals surface area (Å²) in [5.74, 6) is 1.96. The monoisotopic (exact) mass is 251 g/mol. The maximum Gasteiger partial charge on any atom is 0.0473 e. The third-order valence-electron chi connectivity index (χ3n) is 5.37. The van der Waals surface area contributed by atoms with E-state index >= 15 is 0 Å². The van der Waals surface area contributed by atoms with Crippen LogP contribution in [0.5, 0.6) is 0 Å². The molecule has 2 saturated carbocycles. The molecule has 104 valence electrons. The molecule has 3 fully saturated rings. The lowest BCUT2D eigenvalue weighted by Gasteiger charge is -2.41. The highest BCUT2D eigenvalue weighted by atomic mass is 15.3. The van der Waals surface area contributed by atoms with Crippen LogP contribution in [0.1, 0.15) is 39.0 Å². The molecule has 3 heteroatoms. The van der Waals surface area contributed by atoms with Crippen molar-refractivity contribution >= 4 is 0 Å². The van der Waals surface area contributed by atoms with Gasteiger partial charge in [-0.25, -0.2) is 0 Å². The zero-order valence-electron chi connectivity index (χ0n) is 12.1. The molecule has 1 heterocycles. The predicted octanol–water partition coefficient (Wildman–Crippen LogP) is 1.53. The molecule has 0 aromatic rings. The van der Waals surface area contributed by atoms with Gasteiger partial charge in [-0.2, -0.15) is 0 Å². The van der Waals surface area contributed by atoms with Crippen LogP contribution >= 0.6 is 0 Å². The molecule has 3 rings (SSSR count). The molecule has 18 heavy (non-hydrogen) atoms. The number of rotatable bonds is 6. The van der Waals surface area contributed by atoms with Crippen molar-refractivity contribution in [2.45, 2.75) is 50.6 Å². The van der Waals surface area contributed by atoms with Crippen molar-refractivity contribution in [3.05, 3.63) is 0 Å². The molecule has 0 radical (unpaired) electrons. The van der Waals surface area contributed by atoms with Crippen LogP contribution in [-0.4, -0.2) is 54.6 Å². The molecule has 1 aliphatic heterocycles. The Balaban J connectivity index is 1.72. The maximum atomic E-state index is 6.22. The minimum Gasteiger partial charge on any atom is -0.329 e. The normalized spacial score (nSPS) is 37.7. The van der Waals surface area contributed by atoms with Gasteiger partial charge in [0.25, 0.3) is 0 Å². The van der Waals surface area contributed by atoms with Gasteiger partial charge in [0.1, 0.15) is 0 Å². The Morgan fingerprint density at radius 2 is 1.72 bits per heavy atom. The molecule has 2 N–H and O–H groups in total. The van der Waals surface area contributed by atoms with Crippen LogP contribution in [0.4, 0.5) is 0 Å². The molecule has 2 atom stereocenters. The summed E-state index contributed by atoms with van der Waals surface area (Å²) in [6.45, 7) is 6.98. The number of hydrogen-bond acceptors (Lipinski definition) is 3. The lowest BCUT2D eigenvalue weighted by molar-refractivity contribution is 0.0900. The zero-order chi connectivity index (χ0) is 12.8. The summed E-state index contributed by atoms with van der Waals surface area (Å²) >= 11 is 0. The van der Waals surface area contributed by atoms with Gasteiger partial charge in [0, 0.05) is 37.8 Å². The van der Waals surface area contributed by atoms with E-state index in [0.717, 1.165) is 18.4 Å². The van der Waals surface area contributed by atoms with E-state index in [2.05, 4.69) is 23.8 Å². The number of hydrogen-bond donors (Lipinski definition) is 1. The molecule has 0 amide bonds. The van der Waals surface area contributed by atoms with E-state index in [4.69, 9.17) is 5.73 Å². The van der Waals surface area contributed by atoms with Gasteiger partial charge in [0.2, 0.25) is 0 Å². The van der Waals surface area contributed by atoms with Crippen LogP contribution < -0.4 is 5.73 Å². The Morgan fingerprint density at radius 3 is 2.06 bits per heavy atom. The van der Waals surface area contributed by atoms with E-state index in [9.17, 15) is 0 Å². The summed E-state index contributed by atoms with van der Waals surface area (Å²) in [6, 6.07) is 0.689. The summed E-state index contributed by atoms with van der Waals surface area (Å²) in [5.41, 5.74) is 6.50. The van der Waals surface area contributed by atoms with Gasteiger partial charge in [-0.3, -0.25) is 4.90 Å². The van der Waals surface area contributed by atoms with Crippen molar-refractivity contribution in [2.24, 2.45) is 17.6 Å². The summed E-state index contributed by atoms with van der Waals surface area (Å²) in [5, 5.41) is 0. The molecule has 0 aromatic heterocycles. The number of likely N-dealkylation sites (N-methyl/N-ethyl adjacent to an activating group) is 1. The van der Waals surface area contributed by atoms with Crippen molar-refractivity contribution in [1.29, 1.82) is 0 Å². The number of nitrogens with zero attached hydrogens (tertiary/aromatic N) is 2. The van der Waals surface area contributed by atoms with E-state index in [0.29, 0.717) is 6.04 Å². The fourth-order valence-corrected chi connectivity index (χ4v) is 3.58. The van der Waals surface area contributed by atoms with Crippen LogP contribution in [0.3, 0.4) is 0 Å². The molecular formula is C15H29N3. The van der Waals surface area contributed by atoms with Crippen LogP contribution in [0.25, 0.3) is 0 Å². The fourth-order valence-electron chi connectivity index (χ4n) is 3.58. The van der Waals surface area contributed by atoms with Gasteiger partial charge in [0.15, 0.2) is 0 Å². The lowest BCUT2D eigenvalue weighted by Crippen LogP contribution is -2.56. The molecule has 0 spiro atoms. The van der Waals surface area contributed by atoms with Crippen molar-refractivity contribution < 1.29 is 0 Å². The van der Waals surface area contributed by atoms with Crippen LogP contribution in [0.15, 0.2) is 0 Å². The van der Waals surface area contributed by atoms with Gasteiger partial charge in [-0.1, -0.05) is 0 Å². The summed E-state index contributed by atoms with van der Waals surface area (Å²) < 4.78 is 0. The first kappa shape index (κ1) is 12.9. The first-order valence-corrected chi connectivity index (χ1v) is 7.78. The van der Waals surface area contributed by atoms with Gasteiger partial charge >= 0.3 is 0 Å².